The van der Waals surface area contributed by atoms with Crippen LogP contribution < -0.4 is 10.1 Å². The molecule has 1 aliphatic rings. The molecule has 3 heteroatoms. The number of rotatable bonds is 5. The highest BCUT2D eigenvalue weighted by Crippen LogP contribution is 2.38. The van der Waals surface area contributed by atoms with Crippen molar-refractivity contribution in [1.82, 2.24) is 5.32 Å². The van der Waals surface area contributed by atoms with Crippen molar-refractivity contribution >= 4 is 11.8 Å². The van der Waals surface area contributed by atoms with Crippen LogP contribution in [0.1, 0.15) is 24.9 Å². The lowest BCUT2D eigenvalue weighted by molar-refractivity contribution is 0.166. The summed E-state index contributed by atoms with van der Waals surface area (Å²) in [6.45, 7) is 3.20. The molecule has 2 atom stereocenters. The molecule has 0 aromatic heterocycles. The van der Waals surface area contributed by atoms with Crippen molar-refractivity contribution in [2.24, 2.45) is 0 Å². The second kappa shape index (κ2) is 7.01. The Labute approximate surface area is 130 Å². The van der Waals surface area contributed by atoms with Gasteiger partial charge >= 0.3 is 0 Å². The van der Waals surface area contributed by atoms with E-state index in [1.165, 1.54) is 10.5 Å². The molecule has 0 bridgehead atoms. The number of thioether (sulfide) groups is 1. The Hall–Kier alpha value is -1.45. The first kappa shape index (κ1) is 14.5. The van der Waals surface area contributed by atoms with E-state index in [0.717, 1.165) is 24.5 Å². The van der Waals surface area contributed by atoms with Gasteiger partial charge in [0, 0.05) is 10.6 Å². The van der Waals surface area contributed by atoms with Crippen LogP contribution in [0.25, 0.3) is 0 Å². The lowest BCUT2D eigenvalue weighted by atomic mass is 10.0. The van der Waals surface area contributed by atoms with Gasteiger partial charge in [0.1, 0.15) is 11.9 Å². The molecule has 0 aliphatic carbocycles. The summed E-state index contributed by atoms with van der Waals surface area (Å²) in [5.74, 6) is 1.99. The van der Waals surface area contributed by atoms with Crippen LogP contribution in [0.4, 0.5) is 0 Å². The van der Waals surface area contributed by atoms with Crippen LogP contribution >= 0.6 is 11.8 Å². The van der Waals surface area contributed by atoms with E-state index < -0.39 is 0 Å². The average molecular weight is 299 g/mol. The largest absolute Gasteiger partial charge is 0.486 e. The highest BCUT2D eigenvalue weighted by atomic mass is 32.2. The van der Waals surface area contributed by atoms with E-state index in [2.05, 4.69) is 60.8 Å². The van der Waals surface area contributed by atoms with E-state index in [1.54, 1.807) is 0 Å². The van der Waals surface area contributed by atoms with Crippen LogP contribution in [0.3, 0.4) is 0 Å². The first-order valence-corrected chi connectivity index (χ1v) is 8.54. The Bertz CT molecular complexity index is 572. The predicted octanol–water partition coefficient (Wildman–Crippen LogP) is 4.28. The molecule has 1 aliphatic heterocycles. The molecule has 1 N–H and O–H groups in total. The number of benzene rings is 2. The molecule has 1 heterocycles. The molecule has 0 fully saturated rings. The third-order valence-corrected chi connectivity index (χ3v) is 4.82. The SMILES string of the molecule is CCCNC(c1ccccc1)C1CSc2ccccc2O1. The average Bonchev–Trinajstić information content (AvgIpc) is 2.56. The van der Waals surface area contributed by atoms with Gasteiger partial charge in [-0.15, -0.1) is 11.8 Å². The fraction of sp³-hybridized carbons (Fsp3) is 0.333. The van der Waals surface area contributed by atoms with Crippen molar-refractivity contribution < 1.29 is 4.74 Å². The van der Waals surface area contributed by atoms with Gasteiger partial charge in [-0.3, -0.25) is 0 Å². The van der Waals surface area contributed by atoms with Crippen LogP contribution in [-0.2, 0) is 0 Å². The van der Waals surface area contributed by atoms with E-state index in [1.807, 2.05) is 17.8 Å². The molecule has 0 amide bonds. The number of para-hydroxylation sites is 1. The van der Waals surface area contributed by atoms with Crippen molar-refractivity contribution in [2.75, 3.05) is 12.3 Å². The zero-order chi connectivity index (χ0) is 14.5. The second-order valence-electron chi connectivity index (χ2n) is 5.26. The highest BCUT2D eigenvalue weighted by molar-refractivity contribution is 7.99. The Balaban J connectivity index is 1.81. The topological polar surface area (TPSA) is 21.3 Å². The summed E-state index contributed by atoms with van der Waals surface area (Å²) in [6, 6.07) is 19.2. The van der Waals surface area contributed by atoms with Gasteiger partial charge in [-0.05, 0) is 30.7 Å². The Morgan fingerprint density at radius 2 is 1.90 bits per heavy atom. The minimum Gasteiger partial charge on any atom is -0.486 e. The molecule has 2 nitrogen and oxygen atoms in total. The summed E-state index contributed by atoms with van der Waals surface area (Å²) < 4.78 is 6.26. The van der Waals surface area contributed by atoms with Crippen LogP contribution in [-0.4, -0.2) is 18.4 Å². The maximum atomic E-state index is 6.26. The van der Waals surface area contributed by atoms with Gasteiger partial charge in [-0.25, -0.2) is 0 Å². The number of hydrogen-bond acceptors (Lipinski definition) is 3. The summed E-state index contributed by atoms with van der Waals surface area (Å²) >= 11 is 1.89. The number of hydrogen-bond donors (Lipinski definition) is 1. The number of fused-ring (bicyclic) bond motifs is 1. The molecule has 0 saturated carbocycles. The lowest BCUT2D eigenvalue weighted by Crippen LogP contribution is -2.39. The molecule has 3 rings (SSSR count). The van der Waals surface area contributed by atoms with Crippen molar-refractivity contribution in [1.29, 1.82) is 0 Å². The van der Waals surface area contributed by atoms with Gasteiger partial charge in [0.15, 0.2) is 0 Å². The van der Waals surface area contributed by atoms with Crippen LogP contribution in [0.5, 0.6) is 5.75 Å². The second-order valence-corrected chi connectivity index (χ2v) is 6.32. The van der Waals surface area contributed by atoms with E-state index in [0.29, 0.717) is 0 Å². The minimum atomic E-state index is 0.166. The van der Waals surface area contributed by atoms with Crippen molar-refractivity contribution in [3.63, 3.8) is 0 Å². The lowest BCUT2D eigenvalue weighted by Gasteiger charge is -2.32. The third kappa shape index (κ3) is 3.42. The van der Waals surface area contributed by atoms with Gasteiger partial charge in [0.05, 0.1) is 6.04 Å². The van der Waals surface area contributed by atoms with E-state index in [9.17, 15) is 0 Å². The van der Waals surface area contributed by atoms with Crippen LogP contribution in [0.15, 0.2) is 59.5 Å². The summed E-state index contributed by atoms with van der Waals surface area (Å²) in [7, 11) is 0. The Morgan fingerprint density at radius 1 is 1.14 bits per heavy atom. The molecule has 2 aromatic rings. The Kier molecular flexibility index (Phi) is 4.84. The maximum absolute atomic E-state index is 6.26. The Morgan fingerprint density at radius 3 is 2.71 bits per heavy atom. The number of ether oxygens (including phenoxy) is 1. The standard InChI is InChI=1S/C18H21NOS/c1-2-12-19-18(14-8-4-3-5-9-14)16-13-21-17-11-7-6-10-15(17)20-16/h3-11,16,18-19H,2,12-13H2,1H3. The monoisotopic (exact) mass is 299 g/mol. The minimum absolute atomic E-state index is 0.166. The third-order valence-electron chi connectivity index (χ3n) is 3.68. The molecule has 2 aromatic carbocycles. The van der Waals surface area contributed by atoms with Gasteiger partial charge in [-0.1, -0.05) is 49.4 Å². The molecule has 0 radical (unpaired) electrons. The summed E-state index contributed by atoms with van der Waals surface area (Å²) in [4.78, 5) is 1.25. The maximum Gasteiger partial charge on any atom is 0.133 e. The van der Waals surface area contributed by atoms with Gasteiger partial charge in [0.25, 0.3) is 0 Å². The highest BCUT2D eigenvalue weighted by Gasteiger charge is 2.28. The molecule has 0 spiro atoms. The van der Waals surface area contributed by atoms with Crippen LogP contribution in [0.2, 0.25) is 0 Å². The van der Waals surface area contributed by atoms with Crippen molar-refractivity contribution in [2.45, 2.75) is 30.4 Å². The zero-order valence-corrected chi connectivity index (χ0v) is 13.1. The van der Waals surface area contributed by atoms with E-state index >= 15 is 0 Å². The van der Waals surface area contributed by atoms with Gasteiger partial charge < -0.3 is 10.1 Å². The molecular weight excluding hydrogens is 278 g/mol. The molecule has 110 valence electrons. The summed E-state index contributed by atoms with van der Waals surface area (Å²) in [6.07, 6.45) is 1.29. The van der Waals surface area contributed by atoms with Crippen molar-refractivity contribution in [3.8, 4) is 5.75 Å². The zero-order valence-electron chi connectivity index (χ0n) is 12.3. The van der Waals surface area contributed by atoms with Gasteiger partial charge in [0.2, 0.25) is 0 Å². The molecule has 0 saturated heterocycles. The fourth-order valence-corrected chi connectivity index (χ4v) is 3.66. The smallest absolute Gasteiger partial charge is 0.133 e. The summed E-state index contributed by atoms with van der Waals surface area (Å²) in [5, 5.41) is 3.65. The molecular formula is C18H21NOS. The fourth-order valence-electron chi connectivity index (χ4n) is 2.62. The van der Waals surface area contributed by atoms with Crippen molar-refractivity contribution in [3.05, 3.63) is 60.2 Å². The normalized spacial score (nSPS) is 18.6. The number of nitrogens with one attached hydrogen (secondary N) is 1. The van der Waals surface area contributed by atoms with E-state index in [-0.39, 0.29) is 12.1 Å². The first-order valence-electron chi connectivity index (χ1n) is 7.55. The quantitative estimate of drug-likeness (QED) is 0.890. The first-order chi connectivity index (χ1) is 10.4. The molecule has 2 unspecified atom stereocenters. The van der Waals surface area contributed by atoms with E-state index in [4.69, 9.17) is 4.74 Å². The van der Waals surface area contributed by atoms with Crippen LogP contribution in [0, 0.1) is 0 Å². The predicted molar refractivity (Wildman–Crippen MR) is 89.1 cm³/mol. The molecule has 21 heavy (non-hydrogen) atoms. The van der Waals surface area contributed by atoms with Gasteiger partial charge in [-0.2, -0.15) is 0 Å². The summed E-state index contributed by atoms with van der Waals surface area (Å²) in [5.41, 5.74) is 1.30.